The van der Waals surface area contributed by atoms with E-state index in [2.05, 4.69) is 10.6 Å². The van der Waals surface area contributed by atoms with Gasteiger partial charge in [-0.2, -0.15) is 13.2 Å². The minimum absolute atomic E-state index is 0.0696. The van der Waals surface area contributed by atoms with E-state index in [1.807, 2.05) is 0 Å². The van der Waals surface area contributed by atoms with Gasteiger partial charge in [-0.25, -0.2) is 4.79 Å². The first-order valence-corrected chi connectivity index (χ1v) is 5.60. The van der Waals surface area contributed by atoms with Gasteiger partial charge >= 0.3 is 12.2 Å². The van der Waals surface area contributed by atoms with E-state index in [1.54, 1.807) is 13.8 Å². The predicted molar refractivity (Wildman–Crippen MR) is 66.7 cm³/mol. The number of nitrogens with one attached hydrogen (secondary N) is 2. The smallest absolute Gasteiger partial charge is 0.332 e. The Balaban J connectivity index is 2.76. The van der Waals surface area contributed by atoms with E-state index in [4.69, 9.17) is 5.73 Å². The molecule has 19 heavy (non-hydrogen) atoms. The maximum Gasteiger partial charge on any atom is 0.416 e. The van der Waals surface area contributed by atoms with Crippen LogP contribution < -0.4 is 16.4 Å². The molecule has 4 nitrogen and oxygen atoms in total. The number of nitrogens with two attached hydrogens (primary N) is 1. The molecule has 0 aliphatic rings. The molecule has 0 unspecified atom stereocenters. The molecule has 0 atom stereocenters. The molecule has 0 radical (unpaired) electrons. The highest BCUT2D eigenvalue weighted by atomic mass is 19.4. The lowest BCUT2D eigenvalue weighted by Crippen LogP contribution is -2.50. The number of carbonyl (C=O) groups excluding carboxylic acids is 1. The quantitative estimate of drug-likeness (QED) is 0.793. The lowest BCUT2D eigenvalue weighted by Gasteiger charge is -2.24. The van der Waals surface area contributed by atoms with Gasteiger partial charge < -0.3 is 16.4 Å². The normalized spacial score (nSPS) is 12.1. The Bertz CT molecular complexity index is 458. The first-order valence-electron chi connectivity index (χ1n) is 5.60. The summed E-state index contributed by atoms with van der Waals surface area (Å²) in [6, 6.07) is 3.81. The average Bonchev–Trinajstić information content (AvgIpc) is 2.27. The Labute approximate surface area is 109 Å². The van der Waals surface area contributed by atoms with Crippen LogP contribution in [-0.4, -0.2) is 18.1 Å². The lowest BCUT2D eigenvalue weighted by atomic mass is 10.1. The number of hydrogen-bond donors (Lipinski definition) is 3. The average molecular weight is 275 g/mol. The summed E-state index contributed by atoms with van der Waals surface area (Å²) in [4.78, 5) is 11.6. The molecule has 1 rings (SSSR count). The molecular weight excluding hydrogens is 259 g/mol. The summed E-state index contributed by atoms with van der Waals surface area (Å²) in [6.45, 7) is 3.63. The largest absolute Gasteiger partial charge is 0.416 e. The van der Waals surface area contributed by atoms with Crippen molar-refractivity contribution in [3.8, 4) is 0 Å². The number of urea groups is 1. The summed E-state index contributed by atoms with van der Waals surface area (Å²) >= 11 is 0. The molecule has 0 aliphatic heterocycles. The summed E-state index contributed by atoms with van der Waals surface area (Å²) in [7, 11) is 0. The second-order valence-electron chi connectivity index (χ2n) is 4.75. The predicted octanol–water partition coefficient (Wildman–Crippen LogP) is 2.56. The van der Waals surface area contributed by atoms with Gasteiger partial charge in [-0.3, -0.25) is 0 Å². The monoisotopic (exact) mass is 275 g/mol. The van der Waals surface area contributed by atoms with E-state index in [1.165, 1.54) is 12.1 Å². The SMILES string of the molecule is CC(C)(CN)NC(=O)Nc1cccc(C(F)(F)F)c1. The van der Waals surface area contributed by atoms with Crippen LogP contribution in [0, 0.1) is 0 Å². The molecule has 0 saturated carbocycles. The van der Waals surface area contributed by atoms with Crippen molar-refractivity contribution in [3.05, 3.63) is 29.8 Å². The van der Waals surface area contributed by atoms with Crippen LogP contribution in [0.2, 0.25) is 0 Å². The highest BCUT2D eigenvalue weighted by Crippen LogP contribution is 2.30. The van der Waals surface area contributed by atoms with Crippen molar-refractivity contribution in [3.63, 3.8) is 0 Å². The first-order chi connectivity index (χ1) is 8.64. The fraction of sp³-hybridized carbons (Fsp3) is 0.417. The van der Waals surface area contributed by atoms with Gasteiger partial charge in [0.2, 0.25) is 0 Å². The molecule has 7 heteroatoms. The van der Waals surface area contributed by atoms with Crippen LogP contribution >= 0.6 is 0 Å². The lowest BCUT2D eigenvalue weighted by molar-refractivity contribution is -0.137. The van der Waals surface area contributed by atoms with E-state index in [-0.39, 0.29) is 12.2 Å². The third-order valence-corrected chi connectivity index (χ3v) is 2.41. The molecule has 4 N–H and O–H groups in total. The van der Waals surface area contributed by atoms with Gasteiger partial charge in [-0.05, 0) is 32.0 Å². The number of anilines is 1. The minimum atomic E-state index is -4.44. The van der Waals surface area contributed by atoms with Gasteiger partial charge in [0, 0.05) is 17.8 Å². The van der Waals surface area contributed by atoms with Gasteiger partial charge in [0.15, 0.2) is 0 Å². The Kier molecular flexibility index (Phi) is 4.41. The van der Waals surface area contributed by atoms with Crippen LogP contribution in [-0.2, 0) is 6.18 Å². The summed E-state index contributed by atoms with van der Waals surface area (Å²) in [5, 5.41) is 4.90. The molecule has 106 valence electrons. The van der Waals surface area contributed by atoms with Crippen LogP contribution in [0.25, 0.3) is 0 Å². The van der Waals surface area contributed by atoms with Gasteiger partial charge in [0.1, 0.15) is 0 Å². The van der Waals surface area contributed by atoms with Crippen molar-refractivity contribution in [2.24, 2.45) is 5.73 Å². The number of amides is 2. The highest BCUT2D eigenvalue weighted by Gasteiger charge is 2.30. The summed E-state index contributed by atoms with van der Waals surface area (Å²) in [5.41, 5.74) is 4.06. The van der Waals surface area contributed by atoms with Crippen molar-refractivity contribution in [1.29, 1.82) is 0 Å². The summed E-state index contributed by atoms with van der Waals surface area (Å²) in [6.07, 6.45) is -4.44. The van der Waals surface area contributed by atoms with Gasteiger partial charge in [-0.15, -0.1) is 0 Å². The minimum Gasteiger partial charge on any atom is -0.332 e. The molecule has 0 saturated heterocycles. The summed E-state index contributed by atoms with van der Waals surface area (Å²) in [5.74, 6) is 0. The zero-order chi connectivity index (χ0) is 14.7. The maximum absolute atomic E-state index is 12.5. The third-order valence-electron chi connectivity index (χ3n) is 2.41. The zero-order valence-electron chi connectivity index (χ0n) is 10.6. The third kappa shape index (κ3) is 4.78. The molecule has 1 aromatic carbocycles. The van der Waals surface area contributed by atoms with Crippen molar-refractivity contribution < 1.29 is 18.0 Å². The highest BCUT2D eigenvalue weighted by molar-refractivity contribution is 5.89. The van der Waals surface area contributed by atoms with E-state index >= 15 is 0 Å². The molecule has 0 aliphatic carbocycles. The number of hydrogen-bond acceptors (Lipinski definition) is 2. The molecule has 0 bridgehead atoms. The van der Waals surface area contributed by atoms with Crippen molar-refractivity contribution in [1.82, 2.24) is 5.32 Å². The number of halogens is 3. The Morgan fingerprint density at radius 3 is 2.47 bits per heavy atom. The molecule has 0 spiro atoms. The Morgan fingerprint density at radius 2 is 1.95 bits per heavy atom. The molecule has 0 aromatic heterocycles. The van der Waals surface area contributed by atoms with Gasteiger partial charge in [-0.1, -0.05) is 6.07 Å². The van der Waals surface area contributed by atoms with Gasteiger partial charge in [0.25, 0.3) is 0 Å². The number of benzene rings is 1. The fourth-order valence-electron chi connectivity index (χ4n) is 1.29. The number of alkyl halides is 3. The Hall–Kier alpha value is -1.76. The van der Waals surface area contributed by atoms with Crippen LogP contribution in [0.5, 0.6) is 0 Å². The van der Waals surface area contributed by atoms with Crippen LogP contribution in [0.3, 0.4) is 0 Å². The number of rotatable bonds is 3. The maximum atomic E-state index is 12.5. The second kappa shape index (κ2) is 5.48. The number of carbonyl (C=O) groups is 1. The van der Waals surface area contributed by atoms with Crippen molar-refractivity contribution in [2.75, 3.05) is 11.9 Å². The first kappa shape index (κ1) is 15.3. The topological polar surface area (TPSA) is 67.1 Å². The van der Waals surface area contributed by atoms with E-state index in [9.17, 15) is 18.0 Å². The van der Waals surface area contributed by atoms with Crippen LogP contribution in [0.4, 0.5) is 23.7 Å². The standard InChI is InChI=1S/C12H16F3N3O/c1-11(2,7-16)18-10(19)17-9-5-3-4-8(6-9)12(13,14)15/h3-6H,7,16H2,1-2H3,(H2,17,18,19). The second-order valence-corrected chi connectivity index (χ2v) is 4.75. The van der Waals surface area contributed by atoms with E-state index in [0.29, 0.717) is 0 Å². The molecular formula is C12H16F3N3O. The molecule has 1 aromatic rings. The molecule has 0 heterocycles. The van der Waals surface area contributed by atoms with Crippen LogP contribution in [0.1, 0.15) is 19.4 Å². The van der Waals surface area contributed by atoms with E-state index in [0.717, 1.165) is 12.1 Å². The zero-order valence-corrected chi connectivity index (χ0v) is 10.6. The molecule has 2 amide bonds. The van der Waals surface area contributed by atoms with Crippen molar-refractivity contribution >= 4 is 11.7 Å². The van der Waals surface area contributed by atoms with Gasteiger partial charge in [0.05, 0.1) is 5.56 Å². The Morgan fingerprint density at radius 1 is 1.32 bits per heavy atom. The van der Waals surface area contributed by atoms with E-state index < -0.39 is 23.3 Å². The fourth-order valence-corrected chi connectivity index (χ4v) is 1.29. The van der Waals surface area contributed by atoms with Crippen LogP contribution in [0.15, 0.2) is 24.3 Å². The summed E-state index contributed by atoms with van der Waals surface area (Å²) < 4.78 is 37.5. The molecule has 0 fully saturated rings. The van der Waals surface area contributed by atoms with Crippen molar-refractivity contribution in [2.45, 2.75) is 25.6 Å².